The van der Waals surface area contributed by atoms with E-state index in [1.165, 1.54) is 21.1 Å². The van der Waals surface area contributed by atoms with Crippen molar-refractivity contribution in [2.24, 2.45) is 19.1 Å². The van der Waals surface area contributed by atoms with Crippen molar-refractivity contribution in [1.82, 2.24) is 14.1 Å². The first kappa shape index (κ1) is 13.7. The molecule has 0 atom stereocenters. The number of pyridine rings is 1. The normalized spacial score (nSPS) is 11.7. The molecule has 1 N–H and O–H groups in total. The molecule has 7 nitrogen and oxygen atoms in total. The molecule has 0 fully saturated rings. The summed E-state index contributed by atoms with van der Waals surface area (Å²) in [6.07, 6.45) is 3.12. The van der Waals surface area contributed by atoms with Gasteiger partial charge in [-0.2, -0.15) is 0 Å². The molecule has 0 saturated heterocycles. The predicted molar refractivity (Wildman–Crippen MR) is 74.4 cm³/mol. The van der Waals surface area contributed by atoms with Crippen LogP contribution in [0.5, 0.6) is 5.88 Å². The summed E-state index contributed by atoms with van der Waals surface area (Å²) in [4.78, 5) is 31.9. The molecule has 0 aliphatic rings. The van der Waals surface area contributed by atoms with Crippen LogP contribution in [0.15, 0.2) is 39.1 Å². The number of hydrogen-bond acceptors (Lipinski definition) is 5. The number of rotatable bonds is 2. The first-order valence-corrected chi connectivity index (χ1v) is 5.85. The highest BCUT2D eigenvalue weighted by Gasteiger charge is 2.20. The molecule has 0 aromatic carbocycles. The minimum Gasteiger partial charge on any atom is -0.494 e. The third-order valence-electron chi connectivity index (χ3n) is 3.05. The van der Waals surface area contributed by atoms with E-state index in [0.29, 0.717) is 11.3 Å². The van der Waals surface area contributed by atoms with Gasteiger partial charge in [-0.1, -0.05) is 0 Å². The second kappa shape index (κ2) is 5.12. The van der Waals surface area contributed by atoms with Crippen molar-refractivity contribution in [2.75, 3.05) is 7.05 Å². The Kier molecular flexibility index (Phi) is 3.51. The van der Waals surface area contributed by atoms with Crippen LogP contribution in [0, 0.1) is 0 Å². The third kappa shape index (κ3) is 2.03. The fourth-order valence-electron chi connectivity index (χ4n) is 1.94. The minimum absolute atomic E-state index is 0.0108. The van der Waals surface area contributed by atoms with Gasteiger partial charge in [-0.25, -0.2) is 4.79 Å². The highest BCUT2D eigenvalue weighted by molar-refractivity contribution is 6.13. The Morgan fingerprint density at radius 3 is 2.35 bits per heavy atom. The summed E-state index contributed by atoms with van der Waals surface area (Å²) in [6.45, 7) is 0. The molecule has 2 rings (SSSR count). The van der Waals surface area contributed by atoms with E-state index in [2.05, 4.69) is 9.98 Å². The lowest BCUT2D eigenvalue weighted by Crippen LogP contribution is -2.40. The minimum atomic E-state index is -0.596. The van der Waals surface area contributed by atoms with Crippen molar-refractivity contribution in [2.45, 2.75) is 0 Å². The van der Waals surface area contributed by atoms with Crippen LogP contribution in [0.2, 0.25) is 0 Å². The summed E-state index contributed by atoms with van der Waals surface area (Å²) < 4.78 is 1.94. The Balaban J connectivity index is 2.83. The van der Waals surface area contributed by atoms with Gasteiger partial charge in [0.05, 0.1) is 5.71 Å². The van der Waals surface area contributed by atoms with E-state index in [1.807, 2.05) is 0 Å². The molecule has 0 aliphatic carbocycles. The molecule has 0 radical (unpaired) electrons. The summed E-state index contributed by atoms with van der Waals surface area (Å²) in [7, 11) is 4.26. The van der Waals surface area contributed by atoms with Crippen LogP contribution < -0.4 is 11.2 Å². The quantitative estimate of drug-likeness (QED) is 0.758. The molecule has 20 heavy (non-hydrogen) atoms. The summed E-state index contributed by atoms with van der Waals surface area (Å²) in [6, 6.07) is 3.35. The summed E-state index contributed by atoms with van der Waals surface area (Å²) in [5.74, 6) is -0.407. The molecule has 2 heterocycles. The van der Waals surface area contributed by atoms with Crippen LogP contribution in [-0.2, 0) is 14.1 Å². The Morgan fingerprint density at radius 1 is 1.20 bits per heavy atom. The van der Waals surface area contributed by atoms with Gasteiger partial charge in [0.2, 0.25) is 5.88 Å². The molecule has 0 amide bonds. The van der Waals surface area contributed by atoms with Crippen molar-refractivity contribution in [3.05, 3.63) is 56.5 Å². The maximum atomic E-state index is 12.2. The van der Waals surface area contributed by atoms with Gasteiger partial charge in [0.15, 0.2) is 0 Å². The molecule has 0 bridgehead atoms. The van der Waals surface area contributed by atoms with Gasteiger partial charge in [-0.3, -0.25) is 23.9 Å². The molecule has 7 heteroatoms. The molecular weight excluding hydrogens is 260 g/mol. The second-order valence-corrected chi connectivity index (χ2v) is 4.21. The van der Waals surface area contributed by atoms with Crippen molar-refractivity contribution in [1.29, 1.82) is 0 Å². The molecular formula is C13H14N4O3. The maximum absolute atomic E-state index is 12.2. The maximum Gasteiger partial charge on any atom is 0.333 e. The Labute approximate surface area is 114 Å². The topological polar surface area (TPSA) is 89.5 Å². The zero-order valence-corrected chi connectivity index (χ0v) is 11.4. The number of aromatic hydroxyl groups is 1. The van der Waals surface area contributed by atoms with Crippen molar-refractivity contribution < 1.29 is 5.11 Å². The highest BCUT2D eigenvalue weighted by Crippen LogP contribution is 2.15. The van der Waals surface area contributed by atoms with Crippen molar-refractivity contribution in [3.8, 4) is 5.88 Å². The standard InChI is InChI=1S/C13H14N4O3/c1-14-10(8-4-6-15-7-5-8)9-11(18)16(2)13(20)17(3)12(9)19/h4-7,18H,1-3H3. The van der Waals surface area contributed by atoms with E-state index in [1.54, 1.807) is 24.5 Å². The summed E-state index contributed by atoms with van der Waals surface area (Å²) >= 11 is 0. The average Bonchev–Trinajstić information content (AvgIpc) is 2.48. The smallest absolute Gasteiger partial charge is 0.333 e. The first-order chi connectivity index (χ1) is 9.49. The van der Waals surface area contributed by atoms with Gasteiger partial charge in [0, 0.05) is 39.1 Å². The van der Waals surface area contributed by atoms with Crippen LogP contribution in [-0.4, -0.2) is 32.0 Å². The van der Waals surface area contributed by atoms with E-state index in [9.17, 15) is 14.7 Å². The zero-order valence-electron chi connectivity index (χ0n) is 11.4. The lowest BCUT2D eigenvalue weighted by atomic mass is 10.1. The predicted octanol–water partition coefficient (Wildman–Crippen LogP) is -0.348. The average molecular weight is 274 g/mol. The number of aliphatic imine (C=N–C) groups is 1. The van der Waals surface area contributed by atoms with Crippen LogP contribution in [0.25, 0.3) is 0 Å². The van der Waals surface area contributed by atoms with Gasteiger partial charge < -0.3 is 5.11 Å². The van der Waals surface area contributed by atoms with E-state index in [0.717, 1.165) is 9.13 Å². The van der Waals surface area contributed by atoms with Crippen LogP contribution in [0.4, 0.5) is 0 Å². The van der Waals surface area contributed by atoms with E-state index in [-0.39, 0.29) is 5.56 Å². The lowest BCUT2D eigenvalue weighted by molar-refractivity contribution is 0.410. The van der Waals surface area contributed by atoms with Gasteiger partial charge in [0.1, 0.15) is 5.56 Å². The zero-order chi connectivity index (χ0) is 14.9. The largest absolute Gasteiger partial charge is 0.494 e. The SMILES string of the molecule is CN=C(c1ccncc1)c1c(O)n(C)c(=O)n(C)c1=O. The van der Waals surface area contributed by atoms with Gasteiger partial charge in [-0.05, 0) is 12.1 Å². The molecule has 2 aromatic rings. The van der Waals surface area contributed by atoms with Crippen molar-refractivity contribution >= 4 is 5.71 Å². The highest BCUT2D eigenvalue weighted by atomic mass is 16.3. The molecule has 0 unspecified atom stereocenters. The fraction of sp³-hybridized carbons (Fsp3) is 0.231. The number of nitrogens with zero attached hydrogens (tertiary/aromatic N) is 4. The molecule has 2 aromatic heterocycles. The molecule has 0 spiro atoms. The lowest BCUT2D eigenvalue weighted by Gasteiger charge is -2.12. The Hall–Kier alpha value is -2.70. The van der Waals surface area contributed by atoms with E-state index in [4.69, 9.17) is 0 Å². The Bertz CT molecular complexity index is 788. The summed E-state index contributed by atoms with van der Waals surface area (Å²) in [5, 5.41) is 10.1. The first-order valence-electron chi connectivity index (χ1n) is 5.85. The fourth-order valence-corrected chi connectivity index (χ4v) is 1.94. The monoisotopic (exact) mass is 274 g/mol. The van der Waals surface area contributed by atoms with Crippen molar-refractivity contribution in [3.63, 3.8) is 0 Å². The second-order valence-electron chi connectivity index (χ2n) is 4.21. The summed E-state index contributed by atoms with van der Waals surface area (Å²) in [5.41, 5.74) is -0.262. The van der Waals surface area contributed by atoms with Gasteiger partial charge in [-0.15, -0.1) is 0 Å². The molecule has 0 saturated carbocycles. The van der Waals surface area contributed by atoms with Gasteiger partial charge in [0.25, 0.3) is 5.56 Å². The van der Waals surface area contributed by atoms with Crippen LogP contribution in [0.1, 0.15) is 11.1 Å². The van der Waals surface area contributed by atoms with E-state index < -0.39 is 17.1 Å². The van der Waals surface area contributed by atoms with Crippen LogP contribution in [0.3, 0.4) is 0 Å². The number of aromatic nitrogens is 3. The third-order valence-corrected chi connectivity index (χ3v) is 3.05. The number of hydrogen-bond donors (Lipinski definition) is 1. The van der Waals surface area contributed by atoms with E-state index >= 15 is 0 Å². The molecule has 0 aliphatic heterocycles. The Morgan fingerprint density at radius 2 is 1.80 bits per heavy atom. The van der Waals surface area contributed by atoms with Gasteiger partial charge >= 0.3 is 5.69 Å². The molecule has 104 valence electrons. The van der Waals surface area contributed by atoms with Crippen LogP contribution >= 0.6 is 0 Å².